The highest BCUT2D eigenvalue weighted by molar-refractivity contribution is 7.89. The summed E-state index contributed by atoms with van der Waals surface area (Å²) in [5, 5.41) is 0. The molecular weight excluding hydrogens is 291 g/mol. The van der Waals surface area contributed by atoms with Crippen LogP contribution in [0.5, 0.6) is 0 Å². The van der Waals surface area contributed by atoms with Gasteiger partial charge < -0.3 is 5.73 Å². The molecule has 0 aliphatic rings. The van der Waals surface area contributed by atoms with Crippen molar-refractivity contribution in [3.05, 3.63) is 23.0 Å². The standard InChI is InChI=1S/C15H25FN2O2S/c1-6-15(7-2,8-3)18-21(19,20)14-10(4)9-12(16)13(17)11(14)5/h9,18H,6-8,17H2,1-5H3. The van der Waals surface area contributed by atoms with E-state index in [2.05, 4.69) is 4.72 Å². The van der Waals surface area contributed by atoms with Crippen molar-refractivity contribution in [1.82, 2.24) is 4.72 Å². The Balaban J connectivity index is 3.43. The van der Waals surface area contributed by atoms with Crippen LogP contribution in [-0.4, -0.2) is 14.0 Å². The summed E-state index contributed by atoms with van der Waals surface area (Å²) in [6.07, 6.45) is 2.07. The number of nitrogens with one attached hydrogen (secondary N) is 1. The van der Waals surface area contributed by atoms with E-state index in [1.807, 2.05) is 20.8 Å². The molecule has 0 bridgehead atoms. The molecule has 0 aliphatic carbocycles. The molecule has 1 aromatic rings. The predicted molar refractivity (Wildman–Crippen MR) is 84.2 cm³/mol. The van der Waals surface area contributed by atoms with Gasteiger partial charge in [-0.05, 0) is 50.3 Å². The minimum absolute atomic E-state index is 0.0844. The number of hydrogen-bond donors (Lipinski definition) is 2. The molecule has 0 unspecified atom stereocenters. The molecule has 1 aromatic carbocycles. The number of anilines is 1. The van der Waals surface area contributed by atoms with Crippen LogP contribution in [0.3, 0.4) is 0 Å². The largest absolute Gasteiger partial charge is 0.396 e. The maximum atomic E-state index is 13.6. The third kappa shape index (κ3) is 3.37. The Hall–Kier alpha value is -1.14. The van der Waals surface area contributed by atoms with E-state index in [1.165, 1.54) is 13.0 Å². The van der Waals surface area contributed by atoms with Gasteiger partial charge in [0.15, 0.2) is 0 Å². The maximum Gasteiger partial charge on any atom is 0.241 e. The van der Waals surface area contributed by atoms with Gasteiger partial charge >= 0.3 is 0 Å². The van der Waals surface area contributed by atoms with E-state index in [1.54, 1.807) is 6.92 Å². The SMILES string of the molecule is CCC(CC)(CC)NS(=O)(=O)c1c(C)cc(F)c(N)c1C. The number of halogens is 1. The maximum absolute atomic E-state index is 13.6. The molecule has 120 valence electrons. The second-order valence-corrected chi connectivity index (χ2v) is 7.11. The number of benzene rings is 1. The van der Waals surface area contributed by atoms with Crippen molar-refractivity contribution in [2.45, 2.75) is 64.3 Å². The van der Waals surface area contributed by atoms with Crippen LogP contribution in [0.25, 0.3) is 0 Å². The zero-order valence-electron chi connectivity index (χ0n) is 13.4. The van der Waals surface area contributed by atoms with Crippen LogP contribution in [-0.2, 0) is 10.0 Å². The lowest BCUT2D eigenvalue weighted by Crippen LogP contribution is -2.47. The van der Waals surface area contributed by atoms with Gasteiger partial charge in [0.2, 0.25) is 10.0 Å². The molecule has 0 saturated carbocycles. The van der Waals surface area contributed by atoms with Crippen LogP contribution in [0.1, 0.15) is 51.2 Å². The van der Waals surface area contributed by atoms with Crippen molar-refractivity contribution in [3.63, 3.8) is 0 Å². The second kappa shape index (κ2) is 6.32. The van der Waals surface area contributed by atoms with Gasteiger partial charge in [-0.15, -0.1) is 0 Å². The Labute approximate surface area is 127 Å². The molecule has 0 saturated heterocycles. The molecule has 21 heavy (non-hydrogen) atoms. The first-order chi connectivity index (χ1) is 9.64. The summed E-state index contributed by atoms with van der Waals surface area (Å²) >= 11 is 0. The first-order valence-electron chi connectivity index (χ1n) is 7.23. The van der Waals surface area contributed by atoms with E-state index in [0.29, 0.717) is 24.8 Å². The molecule has 0 spiro atoms. The molecule has 0 heterocycles. The third-order valence-electron chi connectivity index (χ3n) is 4.35. The molecule has 0 aliphatic heterocycles. The Kier molecular flexibility index (Phi) is 5.39. The molecule has 3 N–H and O–H groups in total. The summed E-state index contributed by atoms with van der Waals surface area (Å²) in [5.74, 6) is -0.586. The number of aryl methyl sites for hydroxylation is 1. The Morgan fingerprint density at radius 2 is 1.67 bits per heavy atom. The van der Waals surface area contributed by atoms with Crippen LogP contribution in [0.2, 0.25) is 0 Å². The molecule has 0 amide bonds. The van der Waals surface area contributed by atoms with Crippen molar-refractivity contribution < 1.29 is 12.8 Å². The van der Waals surface area contributed by atoms with Gasteiger partial charge in [0.05, 0.1) is 10.6 Å². The van der Waals surface area contributed by atoms with Gasteiger partial charge in [-0.1, -0.05) is 20.8 Å². The number of nitrogen functional groups attached to an aromatic ring is 1. The first-order valence-corrected chi connectivity index (χ1v) is 8.71. The molecule has 0 radical (unpaired) electrons. The zero-order chi connectivity index (χ0) is 16.4. The normalized spacial score (nSPS) is 12.7. The van der Waals surface area contributed by atoms with Gasteiger partial charge in [-0.2, -0.15) is 0 Å². The van der Waals surface area contributed by atoms with E-state index < -0.39 is 21.4 Å². The Bertz CT molecular complexity index is 615. The summed E-state index contributed by atoms with van der Waals surface area (Å²) in [4.78, 5) is 0.0844. The summed E-state index contributed by atoms with van der Waals surface area (Å²) in [7, 11) is -3.75. The highest BCUT2D eigenvalue weighted by Gasteiger charge is 2.32. The number of rotatable bonds is 6. The van der Waals surface area contributed by atoms with Crippen LogP contribution >= 0.6 is 0 Å². The summed E-state index contributed by atoms with van der Waals surface area (Å²) < 4.78 is 41.9. The molecular formula is C15H25FN2O2S. The average molecular weight is 316 g/mol. The molecule has 1 rings (SSSR count). The van der Waals surface area contributed by atoms with Gasteiger partial charge in [0, 0.05) is 5.54 Å². The molecule has 6 heteroatoms. The molecule has 4 nitrogen and oxygen atoms in total. The van der Waals surface area contributed by atoms with Crippen LogP contribution < -0.4 is 10.5 Å². The predicted octanol–water partition coefficient (Wildman–Crippen LogP) is 3.27. The minimum atomic E-state index is -3.75. The monoisotopic (exact) mass is 316 g/mol. The van der Waals surface area contributed by atoms with Gasteiger partial charge in [0.1, 0.15) is 5.82 Å². The number of sulfonamides is 1. The van der Waals surface area contributed by atoms with Crippen molar-refractivity contribution >= 4 is 15.7 Å². The topological polar surface area (TPSA) is 72.2 Å². The van der Waals surface area contributed by atoms with E-state index in [0.717, 1.165) is 0 Å². The average Bonchev–Trinajstić information content (AvgIpc) is 2.42. The third-order valence-corrected chi connectivity index (χ3v) is 6.22. The van der Waals surface area contributed by atoms with E-state index >= 15 is 0 Å². The molecule has 0 fully saturated rings. The van der Waals surface area contributed by atoms with Crippen molar-refractivity contribution in [3.8, 4) is 0 Å². The fraction of sp³-hybridized carbons (Fsp3) is 0.600. The molecule has 0 atom stereocenters. The summed E-state index contributed by atoms with van der Waals surface area (Å²) in [6.45, 7) is 8.97. The molecule has 0 aromatic heterocycles. The highest BCUT2D eigenvalue weighted by atomic mass is 32.2. The quantitative estimate of drug-likeness (QED) is 0.791. The summed E-state index contributed by atoms with van der Waals surface area (Å²) in [5.41, 5.74) is 5.67. The van der Waals surface area contributed by atoms with Crippen molar-refractivity contribution in [2.75, 3.05) is 5.73 Å². The van der Waals surface area contributed by atoms with Crippen molar-refractivity contribution in [2.24, 2.45) is 0 Å². The lowest BCUT2D eigenvalue weighted by molar-refractivity contribution is 0.341. The minimum Gasteiger partial charge on any atom is -0.396 e. The van der Waals surface area contributed by atoms with E-state index in [9.17, 15) is 12.8 Å². The number of hydrogen-bond acceptors (Lipinski definition) is 3. The lowest BCUT2D eigenvalue weighted by atomic mass is 9.91. The fourth-order valence-corrected chi connectivity index (χ4v) is 4.75. The zero-order valence-corrected chi connectivity index (χ0v) is 14.2. The number of nitrogens with two attached hydrogens (primary N) is 1. The fourth-order valence-electron chi connectivity index (χ4n) is 2.65. The highest BCUT2D eigenvalue weighted by Crippen LogP contribution is 2.30. The second-order valence-electron chi connectivity index (χ2n) is 5.49. The lowest BCUT2D eigenvalue weighted by Gasteiger charge is -2.32. The van der Waals surface area contributed by atoms with Crippen LogP contribution in [0.15, 0.2) is 11.0 Å². The van der Waals surface area contributed by atoms with Gasteiger partial charge in [0.25, 0.3) is 0 Å². The van der Waals surface area contributed by atoms with Gasteiger partial charge in [-0.3, -0.25) is 0 Å². The smallest absolute Gasteiger partial charge is 0.241 e. The van der Waals surface area contributed by atoms with E-state index in [-0.39, 0.29) is 16.1 Å². The van der Waals surface area contributed by atoms with E-state index in [4.69, 9.17) is 5.73 Å². The first kappa shape index (κ1) is 17.9. The Morgan fingerprint density at radius 3 is 2.10 bits per heavy atom. The Morgan fingerprint density at radius 1 is 1.19 bits per heavy atom. The van der Waals surface area contributed by atoms with Crippen molar-refractivity contribution in [1.29, 1.82) is 0 Å². The van der Waals surface area contributed by atoms with Crippen LogP contribution in [0, 0.1) is 19.7 Å². The van der Waals surface area contributed by atoms with Crippen LogP contribution in [0.4, 0.5) is 10.1 Å². The summed E-state index contributed by atoms with van der Waals surface area (Å²) in [6, 6.07) is 1.17. The van der Waals surface area contributed by atoms with Gasteiger partial charge in [-0.25, -0.2) is 17.5 Å².